The fraction of sp³-hybridized carbons (Fsp3) is 0.409. The van der Waals surface area contributed by atoms with Gasteiger partial charge in [0.2, 0.25) is 10.0 Å². The third-order valence-electron chi connectivity index (χ3n) is 4.67. The summed E-state index contributed by atoms with van der Waals surface area (Å²) in [5.41, 5.74) is 1.17. The van der Waals surface area contributed by atoms with Gasteiger partial charge in [-0.1, -0.05) is 37.3 Å². The van der Waals surface area contributed by atoms with Gasteiger partial charge in [0.15, 0.2) is 0 Å². The van der Waals surface area contributed by atoms with E-state index in [1.807, 2.05) is 49.3 Å². The van der Waals surface area contributed by atoms with E-state index in [4.69, 9.17) is 4.74 Å². The summed E-state index contributed by atoms with van der Waals surface area (Å²) >= 11 is 0. The average molecular weight is 434 g/mol. The second kappa shape index (κ2) is 11.1. The van der Waals surface area contributed by atoms with Crippen molar-refractivity contribution in [1.29, 1.82) is 0 Å². The van der Waals surface area contributed by atoms with Crippen LogP contribution in [0.15, 0.2) is 53.4 Å². The number of nitrogens with zero attached hydrogens (tertiary/aromatic N) is 2. The van der Waals surface area contributed by atoms with Gasteiger partial charge in [-0.3, -0.25) is 4.79 Å². The molecule has 7 nitrogen and oxygen atoms in total. The third-order valence-corrected chi connectivity index (χ3v) is 6.61. The number of carbonyl (C=O) groups is 1. The summed E-state index contributed by atoms with van der Waals surface area (Å²) < 4.78 is 33.4. The van der Waals surface area contributed by atoms with Crippen LogP contribution in [0.4, 0.5) is 0 Å². The van der Waals surface area contributed by atoms with Crippen molar-refractivity contribution in [3.63, 3.8) is 0 Å². The molecule has 0 aliphatic carbocycles. The highest BCUT2D eigenvalue weighted by atomic mass is 32.2. The van der Waals surface area contributed by atoms with Crippen LogP contribution in [0.5, 0.6) is 5.75 Å². The summed E-state index contributed by atoms with van der Waals surface area (Å²) in [5.74, 6) is -0.0929. The van der Waals surface area contributed by atoms with Crippen molar-refractivity contribution < 1.29 is 17.9 Å². The van der Waals surface area contributed by atoms with Crippen molar-refractivity contribution in [1.82, 2.24) is 14.5 Å². The quantitative estimate of drug-likeness (QED) is 0.551. The maximum atomic E-state index is 13.4. The van der Waals surface area contributed by atoms with Crippen molar-refractivity contribution in [2.24, 2.45) is 0 Å². The molecule has 0 unspecified atom stereocenters. The zero-order valence-electron chi connectivity index (χ0n) is 18.1. The number of benzene rings is 2. The molecule has 2 aromatic carbocycles. The molecule has 2 rings (SSSR count). The zero-order valence-corrected chi connectivity index (χ0v) is 18.9. The molecule has 30 heavy (non-hydrogen) atoms. The number of hydrogen-bond acceptors (Lipinski definition) is 5. The summed E-state index contributed by atoms with van der Waals surface area (Å²) in [6, 6.07) is 13.9. The molecule has 0 radical (unpaired) electrons. The van der Waals surface area contributed by atoms with Crippen LogP contribution >= 0.6 is 0 Å². The van der Waals surface area contributed by atoms with Gasteiger partial charge in [-0.15, -0.1) is 0 Å². The summed E-state index contributed by atoms with van der Waals surface area (Å²) in [5, 5.41) is 2.84. The molecule has 0 atom stereocenters. The minimum Gasteiger partial charge on any atom is -0.495 e. The zero-order chi connectivity index (χ0) is 22.1. The highest BCUT2D eigenvalue weighted by Crippen LogP contribution is 2.29. The molecular weight excluding hydrogens is 402 g/mol. The van der Waals surface area contributed by atoms with Crippen LogP contribution in [0.1, 0.15) is 29.3 Å². The van der Waals surface area contributed by atoms with Crippen molar-refractivity contribution in [3.8, 4) is 5.75 Å². The molecule has 0 bridgehead atoms. The topological polar surface area (TPSA) is 79.0 Å². The first-order valence-electron chi connectivity index (χ1n) is 9.94. The summed E-state index contributed by atoms with van der Waals surface area (Å²) in [7, 11) is 1.50. The minimum atomic E-state index is -3.86. The smallest absolute Gasteiger partial charge is 0.251 e. The maximum absolute atomic E-state index is 13.4. The molecule has 0 fully saturated rings. The Morgan fingerprint density at radius 1 is 1.10 bits per heavy atom. The van der Waals surface area contributed by atoms with E-state index >= 15 is 0 Å². The predicted octanol–water partition coefficient (Wildman–Crippen LogP) is 2.59. The van der Waals surface area contributed by atoms with E-state index in [-0.39, 0.29) is 28.7 Å². The van der Waals surface area contributed by atoms with Crippen LogP contribution in [-0.2, 0) is 16.6 Å². The lowest BCUT2D eigenvalue weighted by atomic mass is 10.2. The van der Waals surface area contributed by atoms with Crippen molar-refractivity contribution in [2.75, 3.05) is 40.8 Å². The van der Waals surface area contributed by atoms with Crippen molar-refractivity contribution in [2.45, 2.75) is 24.8 Å². The predicted molar refractivity (Wildman–Crippen MR) is 118 cm³/mol. The summed E-state index contributed by atoms with van der Waals surface area (Å²) in [6.07, 6.45) is 0.806. The lowest BCUT2D eigenvalue weighted by molar-refractivity contribution is 0.0952. The second-order valence-electron chi connectivity index (χ2n) is 7.20. The Balaban J connectivity index is 2.26. The van der Waals surface area contributed by atoms with Crippen LogP contribution in [0.3, 0.4) is 0 Å². The minimum absolute atomic E-state index is 0.0104. The summed E-state index contributed by atoms with van der Waals surface area (Å²) in [4.78, 5) is 14.6. The largest absolute Gasteiger partial charge is 0.495 e. The van der Waals surface area contributed by atoms with Crippen molar-refractivity contribution in [3.05, 3.63) is 59.7 Å². The Bertz CT molecular complexity index is 931. The van der Waals surface area contributed by atoms with Crippen molar-refractivity contribution >= 4 is 15.9 Å². The van der Waals surface area contributed by atoms with E-state index in [1.165, 1.54) is 23.5 Å². The van der Waals surface area contributed by atoms with Crippen LogP contribution in [0.25, 0.3) is 0 Å². The molecule has 164 valence electrons. The first-order valence-corrected chi connectivity index (χ1v) is 11.4. The molecule has 0 aromatic heterocycles. The molecule has 1 N–H and O–H groups in total. The number of sulfonamides is 1. The second-order valence-corrected chi connectivity index (χ2v) is 9.10. The van der Waals surface area contributed by atoms with Gasteiger partial charge in [0.25, 0.3) is 5.91 Å². The molecule has 0 aliphatic heterocycles. The van der Waals surface area contributed by atoms with E-state index in [1.54, 1.807) is 13.0 Å². The molecule has 0 spiro atoms. The number of rotatable bonds is 11. The Labute approximate surface area is 179 Å². The number of amides is 1. The van der Waals surface area contributed by atoms with E-state index in [2.05, 4.69) is 5.32 Å². The number of methoxy groups -OCH3 is 1. The molecular formula is C22H31N3O4S. The average Bonchev–Trinajstić information content (AvgIpc) is 2.74. The molecule has 8 heteroatoms. The molecule has 2 aromatic rings. The van der Waals surface area contributed by atoms with E-state index in [0.29, 0.717) is 13.1 Å². The fourth-order valence-electron chi connectivity index (χ4n) is 3.01. The van der Waals surface area contributed by atoms with Crippen LogP contribution < -0.4 is 10.1 Å². The number of nitrogens with one attached hydrogen (secondary N) is 1. The Morgan fingerprint density at radius 3 is 2.40 bits per heavy atom. The fourth-order valence-corrected chi connectivity index (χ4v) is 4.63. The van der Waals surface area contributed by atoms with Gasteiger partial charge in [0.1, 0.15) is 10.6 Å². The number of carbonyl (C=O) groups excluding carboxylic acids is 1. The SMILES string of the molecule is CCN(Cc1ccccc1)S(=O)(=O)c1cc(C(=O)NCCCN(C)C)ccc1OC. The third kappa shape index (κ3) is 6.29. The number of ether oxygens (including phenoxy) is 1. The highest BCUT2D eigenvalue weighted by molar-refractivity contribution is 7.89. The van der Waals surface area contributed by atoms with Gasteiger partial charge < -0.3 is 15.0 Å². The van der Waals surface area contributed by atoms with Gasteiger partial charge in [0.05, 0.1) is 7.11 Å². The molecule has 0 heterocycles. The van der Waals surface area contributed by atoms with E-state index in [0.717, 1.165) is 18.5 Å². The first-order chi connectivity index (χ1) is 14.3. The van der Waals surface area contributed by atoms with Crippen LogP contribution in [-0.4, -0.2) is 64.4 Å². The lowest BCUT2D eigenvalue weighted by Crippen LogP contribution is -2.31. The lowest BCUT2D eigenvalue weighted by Gasteiger charge is -2.22. The van der Waals surface area contributed by atoms with Crippen LogP contribution in [0, 0.1) is 0 Å². The Kier molecular flexibility index (Phi) is 8.83. The van der Waals surface area contributed by atoms with Gasteiger partial charge in [-0.25, -0.2) is 8.42 Å². The highest BCUT2D eigenvalue weighted by Gasteiger charge is 2.28. The Morgan fingerprint density at radius 2 is 1.80 bits per heavy atom. The van der Waals surface area contributed by atoms with E-state index in [9.17, 15) is 13.2 Å². The Hall–Kier alpha value is -2.42. The molecule has 0 saturated heterocycles. The van der Waals surface area contributed by atoms with Gasteiger partial charge in [-0.05, 0) is 50.8 Å². The maximum Gasteiger partial charge on any atom is 0.251 e. The normalized spacial score (nSPS) is 11.7. The number of hydrogen-bond donors (Lipinski definition) is 1. The standard InChI is InChI=1S/C22H31N3O4S/c1-5-25(17-18-10-7-6-8-11-18)30(27,28)21-16-19(12-13-20(21)29-4)22(26)23-14-9-15-24(2)3/h6-8,10-13,16H,5,9,14-15,17H2,1-4H3,(H,23,26). The summed E-state index contributed by atoms with van der Waals surface area (Å²) in [6.45, 7) is 3.69. The van der Waals surface area contributed by atoms with Gasteiger partial charge >= 0.3 is 0 Å². The van der Waals surface area contributed by atoms with Gasteiger partial charge in [0, 0.05) is 25.2 Å². The molecule has 0 saturated carbocycles. The first kappa shape index (κ1) is 23.9. The monoisotopic (exact) mass is 433 g/mol. The van der Waals surface area contributed by atoms with Gasteiger partial charge in [-0.2, -0.15) is 4.31 Å². The van der Waals surface area contributed by atoms with Crippen LogP contribution in [0.2, 0.25) is 0 Å². The van der Waals surface area contributed by atoms with E-state index < -0.39 is 10.0 Å². The molecule has 1 amide bonds. The molecule has 0 aliphatic rings.